The van der Waals surface area contributed by atoms with Gasteiger partial charge in [0.15, 0.2) is 0 Å². The molecule has 5 rings (SSSR count). The molecule has 3 saturated heterocycles. The predicted octanol–water partition coefficient (Wildman–Crippen LogP) is 2.39. The van der Waals surface area contributed by atoms with Crippen LogP contribution in [-0.2, 0) is 4.74 Å². The summed E-state index contributed by atoms with van der Waals surface area (Å²) in [4.78, 5) is 14.1. The third-order valence-electron chi connectivity index (χ3n) is 6.41. The van der Waals surface area contributed by atoms with Crippen LogP contribution in [-0.4, -0.2) is 54.9 Å². The fourth-order valence-electron chi connectivity index (χ4n) is 4.70. The Morgan fingerprint density at radius 3 is 2.56 bits per heavy atom. The van der Waals surface area contributed by atoms with E-state index in [4.69, 9.17) is 4.74 Å². The molecule has 0 aliphatic carbocycles. The van der Waals surface area contributed by atoms with E-state index in [1.807, 2.05) is 0 Å². The average molecular weight is 365 g/mol. The van der Waals surface area contributed by atoms with E-state index in [1.165, 1.54) is 31.5 Å². The van der Waals surface area contributed by atoms with Crippen molar-refractivity contribution < 1.29 is 4.74 Å². The van der Waals surface area contributed by atoms with Crippen molar-refractivity contribution >= 4 is 11.5 Å². The average Bonchev–Trinajstić information content (AvgIpc) is 2.75. The molecule has 1 atom stereocenters. The molecule has 3 fully saturated rings. The van der Waals surface area contributed by atoms with Crippen molar-refractivity contribution in [3.05, 3.63) is 48.4 Å². The minimum Gasteiger partial charge on any atom is -0.378 e. The summed E-state index contributed by atoms with van der Waals surface area (Å²) in [7, 11) is 0. The summed E-state index contributed by atoms with van der Waals surface area (Å²) in [5.41, 5.74) is 2.74. The van der Waals surface area contributed by atoms with E-state index < -0.39 is 0 Å². The van der Waals surface area contributed by atoms with Gasteiger partial charge in [-0.2, -0.15) is 0 Å². The smallest absolute Gasteiger partial charge is 0.132 e. The van der Waals surface area contributed by atoms with Crippen LogP contribution in [0.2, 0.25) is 0 Å². The highest BCUT2D eigenvalue weighted by Crippen LogP contribution is 2.43. The third-order valence-corrected chi connectivity index (χ3v) is 6.41. The molecule has 0 saturated carbocycles. The largest absolute Gasteiger partial charge is 0.378 e. The van der Waals surface area contributed by atoms with Gasteiger partial charge in [-0.15, -0.1) is 0 Å². The van der Waals surface area contributed by atoms with Gasteiger partial charge in [0.2, 0.25) is 0 Å². The van der Waals surface area contributed by atoms with Gasteiger partial charge in [0, 0.05) is 43.5 Å². The molecule has 3 aliphatic heterocycles. The Hall–Kier alpha value is -2.18. The molecule has 1 N–H and O–H groups in total. The standard InChI is InChI=1S/C21H27N5O/c1-2-4-17(5-3-1)26-12-8-21(26)6-10-25(11-7-21)20-14-18(23-16-24-20)19-15-27-13-9-22-19/h1-5,14,16,19,22H,6-13,15H2. The third kappa shape index (κ3) is 3.17. The molecule has 0 amide bonds. The van der Waals surface area contributed by atoms with Crippen molar-refractivity contribution in [2.24, 2.45) is 0 Å². The summed E-state index contributed by atoms with van der Waals surface area (Å²) in [5.74, 6) is 1.05. The minimum absolute atomic E-state index is 0.178. The first kappa shape index (κ1) is 17.0. The first-order chi connectivity index (χ1) is 13.3. The number of benzene rings is 1. The van der Waals surface area contributed by atoms with Crippen molar-refractivity contribution in [1.82, 2.24) is 15.3 Å². The van der Waals surface area contributed by atoms with E-state index in [9.17, 15) is 0 Å². The van der Waals surface area contributed by atoms with Crippen molar-refractivity contribution in [3.8, 4) is 0 Å². The highest BCUT2D eigenvalue weighted by Gasteiger charge is 2.46. The monoisotopic (exact) mass is 365 g/mol. The summed E-state index contributed by atoms with van der Waals surface area (Å²) in [5, 5.41) is 3.48. The Morgan fingerprint density at radius 2 is 1.85 bits per heavy atom. The van der Waals surface area contributed by atoms with Crippen molar-refractivity contribution in [3.63, 3.8) is 0 Å². The van der Waals surface area contributed by atoms with Crippen LogP contribution in [0.15, 0.2) is 42.7 Å². The molecule has 27 heavy (non-hydrogen) atoms. The van der Waals surface area contributed by atoms with Crippen LogP contribution >= 0.6 is 0 Å². The van der Waals surface area contributed by atoms with Crippen molar-refractivity contribution in [2.45, 2.75) is 30.8 Å². The number of para-hydroxylation sites is 1. The van der Waals surface area contributed by atoms with Gasteiger partial charge in [-0.05, 0) is 31.4 Å². The van der Waals surface area contributed by atoms with Crippen LogP contribution in [0, 0.1) is 0 Å². The summed E-state index contributed by atoms with van der Waals surface area (Å²) >= 11 is 0. The molecule has 0 radical (unpaired) electrons. The molecule has 1 aromatic carbocycles. The maximum Gasteiger partial charge on any atom is 0.132 e. The summed E-state index contributed by atoms with van der Waals surface area (Å²) < 4.78 is 5.58. The molecule has 4 heterocycles. The van der Waals surface area contributed by atoms with Gasteiger partial charge < -0.3 is 19.9 Å². The maximum absolute atomic E-state index is 5.58. The number of ether oxygens (including phenoxy) is 1. The number of aromatic nitrogens is 2. The fraction of sp³-hybridized carbons (Fsp3) is 0.524. The van der Waals surface area contributed by atoms with E-state index in [-0.39, 0.29) is 6.04 Å². The fourth-order valence-corrected chi connectivity index (χ4v) is 4.70. The van der Waals surface area contributed by atoms with E-state index >= 15 is 0 Å². The lowest BCUT2D eigenvalue weighted by Gasteiger charge is -2.58. The molecule has 6 heteroatoms. The number of rotatable bonds is 3. The van der Waals surface area contributed by atoms with E-state index in [1.54, 1.807) is 6.33 Å². The summed E-state index contributed by atoms with van der Waals surface area (Å²) in [6, 6.07) is 13.2. The highest BCUT2D eigenvalue weighted by molar-refractivity contribution is 5.53. The first-order valence-corrected chi connectivity index (χ1v) is 10.0. The van der Waals surface area contributed by atoms with Crippen LogP contribution < -0.4 is 15.1 Å². The molecule has 2 aromatic rings. The molecular formula is C21H27N5O. The molecule has 142 valence electrons. The zero-order valence-corrected chi connectivity index (χ0v) is 15.7. The highest BCUT2D eigenvalue weighted by atomic mass is 16.5. The Balaban J connectivity index is 1.27. The molecule has 0 bridgehead atoms. The second-order valence-corrected chi connectivity index (χ2v) is 7.83. The van der Waals surface area contributed by atoms with Crippen molar-refractivity contribution in [2.75, 3.05) is 49.2 Å². The van der Waals surface area contributed by atoms with Crippen molar-refractivity contribution in [1.29, 1.82) is 0 Å². The number of morpholine rings is 1. The maximum atomic E-state index is 5.58. The van der Waals surface area contributed by atoms with Gasteiger partial charge in [-0.25, -0.2) is 9.97 Å². The molecule has 3 aliphatic rings. The summed E-state index contributed by atoms with van der Waals surface area (Å²) in [6.07, 6.45) is 5.37. The summed E-state index contributed by atoms with van der Waals surface area (Å²) in [6.45, 7) is 5.62. The number of hydrogen-bond donors (Lipinski definition) is 1. The van der Waals surface area contributed by atoms with Gasteiger partial charge in [-0.3, -0.25) is 0 Å². The predicted molar refractivity (Wildman–Crippen MR) is 106 cm³/mol. The Morgan fingerprint density at radius 1 is 1.04 bits per heavy atom. The first-order valence-electron chi connectivity index (χ1n) is 10.0. The topological polar surface area (TPSA) is 53.5 Å². The van der Waals surface area contributed by atoms with E-state index in [0.29, 0.717) is 12.1 Å². The number of hydrogen-bond acceptors (Lipinski definition) is 6. The zero-order valence-electron chi connectivity index (χ0n) is 15.7. The van der Waals surface area contributed by atoms with Crippen LogP contribution in [0.25, 0.3) is 0 Å². The molecule has 1 aromatic heterocycles. The Kier molecular flexibility index (Phi) is 4.45. The number of nitrogens with one attached hydrogen (secondary N) is 1. The van der Waals surface area contributed by atoms with Gasteiger partial charge in [-0.1, -0.05) is 18.2 Å². The lowest BCUT2D eigenvalue weighted by molar-refractivity contribution is 0.0756. The molecule has 6 nitrogen and oxygen atoms in total. The lowest BCUT2D eigenvalue weighted by Crippen LogP contribution is -2.64. The lowest BCUT2D eigenvalue weighted by atomic mass is 9.76. The van der Waals surface area contributed by atoms with Gasteiger partial charge in [0.25, 0.3) is 0 Å². The van der Waals surface area contributed by atoms with Crippen LogP contribution in [0.3, 0.4) is 0 Å². The number of piperidine rings is 1. The van der Waals surface area contributed by atoms with E-state index in [0.717, 1.165) is 37.8 Å². The number of anilines is 2. The van der Waals surface area contributed by atoms with Crippen LogP contribution in [0.1, 0.15) is 31.0 Å². The van der Waals surface area contributed by atoms with Gasteiger partial charge in [0.1, 0.15) is 12.1 Å². The zero-order chi connectivity index (χ0) is 18.1. The van der Waals surface area contributed by atoms with Gasteiger partial charge >= 0.3 is 0 Å². The Bertz CT molecular complexity index is 769. The van der Waals surface area contributed by atoms with Crippen LogP contribution in [0.5, 0.6) is 0 Å². The minimum atomic E-state index is 0.178. The number of nitrogens with zero attached hydrogens (tertiary/aromatic N) is 4. The molecule has 1 spiro atoms. The quantitative estimate of drug-likeness (QED) is 0.901. The second-order valence-electron chi connectivity index (χ2n) is 7.83. The normalized spacial score (nSPS) is 24.7. The van der Waals surface area contributed by atoms with Gasteiger partial charge in [0.05, 0.1) is 24.9 Å². The molecule has 1 unspecified atom stereocenters. The SMILES string of the molecule is c1ccc(N2CCC23CCN(c2cc(C4COCCN4)ncn2)CC3)cc1. The Labute approximate surface area is 160 Å². The molecular weight excluding hydrogens is 338 g/mol. The second kappa shape index (κ2) is 7.09. The van der Waals surface area contributed by atoms with Crippen LogP contribution in [0.4, 0.5) is 11.5 Å². The van der Waals surface area contributed by atoms with E-state index in [2.05, 4.69) is 61.5 Å².